The summed E-state index contributed by atoms with van der Waals surface area (Å²) < 4.78 is 23.7. The number of nitrogens with zero attached hydrogens (tertiary/aromatic N) is 3. The van der Waals surface area contributed by atoms with Gasteiger partial charge >= 0.3 is 5.65 Å². The molecule has 13 nitrogen and oxygen atoms in total. The van der Waals surface area contributed by atoms with Crippen molar-refractivity contribution >= 4 is 24.9 Å². The standard InChI is InChI=1S/C24H26N5O8P/c1-28-13-29(23-20(31)19(30)17(37-23)12-36-38(33,34)35)21-18(28)22(32)27-24(26-21)25-11-14-7-9-16(10-8-14)15-5-3-2-4-6-15/h2-10,13,17,19-20,23,30-31H,11-12H2,1H3,(H3-,25,26,27,32,33,34,35)/t17-,19-,20-,23-/m1/s1. The number of rotatable bonds is 8. The van der Waals surface area contributed by atoms with Gasteiger partial charge in [0.05, 0.1) is 13.7 Å². The third-order valence-corrected chi connectivity index (χ3v) is 6.78. The molecule has 0 aliphatic carbocycles. The van der Waals surface area contributed by atoms with Crippen molar-refractivity contribution in [3.8, 4) is 11.1 Å². The molecule has 0 amide bonds. The number of H-pyrrole nitrogens is 1. The monoisotopic (exact) mass is 543 g/mol. The largest absolute Gasteiger partial charge is 0.756 e. The maximum Gasteiger partial charge on any atom is 0.313 e. The Hall–Kier alpha value is -3.42. The van der Waals surface area contributed by atoms with Crippen LogP contribution in [0.4, 0.5) is 5.95 Å². The molecule has 4 aromatic rings. The van der Waals surface area contributed by atoms with E-state index in [4.69, 9.17) is 9.63 Å². The molecule has 1 fully saturated rings. The highest BCUT2D eigenvalue weighted by Crippen LogP contribution is 2.34. The van der Waals surface area contributed by atoms with Crippen LogP contribution >= 0.6 is 7.82 Å². The number of nitrogens with one attached hydrogen (secondary N) is 2. The van der Waals surface area contributed by atoms with E-state index in [0.29, 0.717) is 6.54 Å². The van der Waals surface area contributed by atoms with Crippen molar-refractivity contribution in [3.05, 3.63) is 76.8 Å². The van der Waals surface area contributed by atoms with Crippen LogP contribution in [0, 0.1) is 0 Å². The maximum atomic E-state index is 12.8. The summed E-state index contributed by atoms with van der Waals surface area (Å²) in [6.45, 7) is -0.339. The van der Waals surface area contributed by atoms with Gasteiger partial charge in [-0.05, 0) is 16.7 Å². The van der Waals surface area contributed by atoms with Gasteiger partial charge in [-0.25, -0.2) is 4.57 Å². The number of anilines is 1. The number of imidazole rings is 1. The van der Waals surface area contributed by atoms with Crippen molar-refractivity contribution in [2.45, 2.75) is 31.1 Å². The number of aromatic nitrogens is 4. The van der Waals surface area contributed by atoms with Crippen molar-refractivity contribution in [2.24, 2.45) is 7.05 Å². The smallest absolute Gasteiger partial charge is 0.313 e. The molecule has 1 aliphatic rings. The second-order valence-electron chi connectivity index (χ2n) is 8.95. The number of hydrogen-bond donors (Lipinski definition) is 5. The molecule has 0 radical (unpaired) electrons. The Kier molecular flexibility index (Phi) is 7.16. The van der Waals surface area contributed by atoms with Gasteiger partial charge in [0.15, 0.2) is 6.33 Å². The molecule has 200 valence electrons. The highest BCUT2D eigenvalue weighted by molar-refractivity contribution is 7.44. The fourth-order valence-electron chi connectivity index (χ4n) is 4.42. The summed E-state index contributed by atoms with van der Waals surface area (Å²) >= 11 is 0. The number of hydrogen-bond acceptors (Lipinski definition) is 9. The first-order chi connectivity index (χ1) is 18.1. The summed E-state index contributed by atoms with van der Waals surface area (Å²) in [6.07, 6.45) is -4.02. The normalized spacial score (nSPS) is 23.0. The number of aromatic amines is 1. The second kappa shape index (κ2) is 10.4. The van der Waals surface area contributed by atoms with Gasteiger partial charge in [0.1, 0.15) is 18.3 Å². The van der Waals surface area contributed by atoms with Crippen LogP contribution in [0.1, 0.15) is 11.8 Å². The van der Waals surface area contributed by atoms with Crippen LogP contribution in [0.3, 0.4) is 0 Å². The van der Waals surface area contributed by atoms with Crippen molar-refractivity contribution in [1.82, 2.24) is 14.5 Å². The van der Waals surface area contributed by atoms with Crippen LogP contribution in [-0.2, 0) is 27.4 Å². The summed E-state index contributed by atoms with van der Waals surface area (Å²) in [5, 5.41) is 24.0. The number of fused-ring (bicyclic) bond motifs is 1. The number of aryl methyl sites for hydroxylation is 1. The Labute approximate surface area is 216 Å². The Morgan fingerprint density at radius 2 is 1.84 bits per heavy atom. The zero-order chi connectivity index (χ0) is 27.0. The van der Waals surface area contributed by atoms with Crippen LogP contribution in [0.5, 0.6) is 0 Å². The van der Waals surface area contributed by atoms with Gasteiger partial charge in [-0.1, -0.05) is 59.6 Å². The van der Waals surface area contributed by atoms with Crippen molar-refractivity contribution in [1.29, 1.82) is 0 Å². The van der Waals surface area contributed by atoms with E-state index in [9.17, 15) is 24.5 Å². The van der Waals surface area contributed by atoms with Crippen molar-refractivity contribution in [2.75, 3.05) is 11.9 Å². The highest BCUT2D eigenvalue weighted by Gasteiger charge is 2.47. The zero-order valence-corrected chi connectivity index (χ0v) is 21.1. The Morgan fingerprint density at radius 1 is 1.16 bits per heavy atom. The molecule has 14 heteroatoms. The first-order valence-corrected chi connectivity index (χ1v) is 13.2. The van der Waals surface area contributed by atoms with Crippen LogP contribution in [-0.4, -0.2) is 54.6 Å². The van der Waals surface area contributed by atoms with E-state index in [0.717, 1.165) is 16.7 Å². The first-order valence-electron chi connectivity index (χ1n) is 11.7. The molecule has 1 aliphatic heterocycles. The molecule has 0 saturated carbocycles. The maximum absolute atomic E-state index is 12.8. The van der Waals surface area contributed by atoms with E-state index in [1.165, 1.54) is 15.5 Å². The first kappa shape index (κ1) is 26.2. The number of benzene rings is 2. The minimum Gasteiger partial charge on any atom is -0.756 e. The lowest BCUT2D eigenvalue weighted by Crippen LogP contribution is -2.46. The summed E-state index contributed by atoms with van der Waals surface area (Å²) in [5.74, 6) is 0.176. The minimum atomic E-state index is -5.06. The van der Waals surface area contributed by atoms with Gasteiger partial charge < -0.3 is 34.6 Å². The highest BCUT2D eigenvalue weighted by atomic mass is 31.2. The van der Waals surface area contributed by atoms with Crippen molar-refractivity contribution < 1.29 is 38.4 Å². The van der Waals surface area contributed by atoms with Crippen LogP contribution in [0.25, 0.3) is 22.3 Å². The molecule has 5 rings (SSSR count). The van der Waals surface area contributed by atoms with Crippen LogP contribution in [0.2, 0.25) is 0 Å². The third kappa shape index (κ3) is 5.40. The molecule has 2 aromatic carbocycles. The predicted octanol–water partition coefficient (Wildman–Crippen LogP) is -0.0753. The minimum absolute atomic E-state index is 0.160. The summed E-state index contributed by atoms with van der Waals surface area (Å²) in [6, 6.07) is 17.9. The number of aliphatic hydroxyl groups is 2. The van der Waals surface area contributed by atoms with E-state index in [1.54, 1.807) is 7.05 Å². The molecule has 1 saturated heterocycles. The van der Waals surface area contributed by atoms with E-state index in [2.05, 4.69) is 19.8 Å². The lowest BCUT2D eigenvalue weighted by molar-refractivity contribution is -0.745. The molecular weight excluding hydrogens is 517 g/mol. The Balaban J connectivity index is 1.36. The predicted molar refractivity (Wildman–Crippen MR) is 132 cm³/mol. The average Bonchev–Trinajstić information content (AvgIpc) is 3.37. The van der Waals surface area contributed by atoms with E-state index in [-0.39, 0.29) is 17.1 Å². The molecular formula is C24H26N5O8P. The Morgan fingerprint density at radius 3 is 2.53 bits per heavy atom. The number of phosphoric acid groups is 1. The van der Waals surface area contributed by atoms with E-state index in [1.807, 2.05) is 54.6 Å². The van der Waals surface area contributed by atoms with Gasteiger partial charge in [-0.2, -0.15) is 0 Å². The third-order valence-electron chi connectivity index (χ3n) is 6.31. The quantitative estimate of drug-likeness (QED) is 0.149. The van der Waals surface area contributed by atoms with Gasteiger partial charge in [0.2, 0.25) is 11.7 Å². The molecule has 0 spiro atoms. The van der Waals surface area contributed by atoms with E-state index < -0.39 is 44.5 Å². The molecule has 3 heterocycles. The molecule has 5 N–H and O–H groups in total. The van der Waals surface area contributed by atoms with Gasteiger partial charge in [-0.3, -0.25) is 18.9 Å². The molecule has 2 aromatic heterocycles. The summed E-state index contributed by atoms with van der Waals surface area (Å²) in [5.41, 5.74) is 3.03. The lowest BCUT2D eigenvalue weighted by atomic mass is 10.0. The lowest BCUT2D eigenvalue weighted by Gasteiger charge is -2.19. The zero-order valence-electron chi connectivity index (χ0n) is 20.2. The molecule has 5 atom stereocenters. The molecule has 38 heavy (non-hydrogen) atoms. The fourth-order valence-corrected chi connectivity index (χ4v) is 4.75. The summed E-state index contributed by atoms with van der Waals surface area (Å²) in [4.78, 5) is 39.8. The fraction of sp³-hybridized carbons (Fsp3) is 0.292. The van der Waals surface area contributed by atoms with Crippen molar-refractivity contribution in [3.63, 3.8) is 0 Å². The van der Waals surface area contributed by atoms with Gasteiger partial charge in [0, 0.05) is 6.54 Å². The SMILES string of the molecule is Cn1c[n+]([C@@H]2O[C@H](COP(=O)([O-])O)[C@@H](O)[C@H]2O)c2nc(NCc3ccc(-c4ccccc4)cc3)[nH]c(=O)c21. The topological polar surface area (TPSA) is 186 Å². The molecule has 0 bridgehead atoms. The number of ether oxygens (including phenoxy) is 1. The Bertz CT molecular complexity index is 1540. The number of phosphoric ester groups is 1. The van der Waals surface area contributed by atoms with Crippen LogP contribution in [0.15, 0.2) is 65.7 Å². The van der Waals surface area contributed by atoms with Crippen LogP contribution < -0.4 is 20.3 Å². The van der Waals surface area contributed by atoms with Gasteiger partial charge in [0.25, 0.3) is 19.3 Å². The van der Waals surface area contributed by atoms with E-state index >= 15 is 0 Å². The second-order valence-corrected chi connectivity index (χ2v) is 10.1. The summed E-state index contributed by atoms with van der Waals surface area (Å²) in [7, 11) is -3.45. The molecule has 1 unspecified atom stereocenters. The average molecular weight is 543 g/mol. The number of aliphatic hydroxyl groups excluding tert-OH is 2. The van der Waals surface area contributed by atoms with Gasteiger partial charge in [-0.15, -0.1) is 0 Å².